The van der Waals surface area contributed by atoms with E-state index in [1.807, 2.05) is 56.0 Å². The third kappa shape index (κ3) is 2.55. The predicted molar refractivity (Wildman–Crippen MR) is 74.7 cm³/mol. The fourth-order valence-electron chi connectivity index (χ4n) is 2.88. The van der Waals surface area contributed by atoms with Crippen molar-refractivity contribution in [3.8, 4) is 0 Å². The lowest BCUT2D eigenvalue weighted by Gasteiger charge is -2.53. The average molecular weight is 259 g/mol. The lowest BCUT2D eigenvalue weighted by molar-refractivity contribution is -0.169. The highest BCUT2D eigenvalue weighted by Crippen LogP contribution is 2.36. The summed E-state index contributed by atoms with van der Waals surface area (Å²) in [4.78, 5) is 25.7. The zero-order valence-electron chi connectivity index (χ0n) is 12.0. The molecule has 0 saturated carbocycles. The van der Waals surface area contributed by atoms with Crippen molar-refractivity contribution in [2.75, 3.05) is 0 Å². The van der Waals surface area contributed by atoms with Crippen LogP contribution in [-0.4, -0.2) is 28.2 Å². The van der Waals surface area contributed by atoms with Crippen molar-refractivity contribution in [1.29, 1.82) is 0 Å². The molecule has 3 nitrogen and oxygen atoms in total. The molecule has 1 aliphatic rings. The van der Waals surface area contributed by atoms with E-state index in [4.69, 9.17) is 0 Å². The fraction of sp³-hybridized carbons (Fsp3) is 0.500. The van der Waals surface area contributed by atoms with Crippen LogP contribution in [0.15, 0.2) is 30.3 Å². The Kier molecular flexibility index (Phi) is 3.48. The normalized spacial score (nSPS) is 23.2. The van der Waals surface area contributed by atoms with Gasteiger partial charge in [0.25, 0.3) is 0 Å². The number of ketones is 1. The number of amides is 1. The minimum absolute atomic E-state index is 0.00704. The summed E-state index contributed by atoms with van der Waals surface area (Å²) in [6, 6.07) is 10.0. The zero-order valence-corrected chi connectivity index (χ0v) is 12.0. The Morgan fingerprint density at radius 3 is 2.26 bits per heavy atom. The number of benzene rings is 1. The van der Waals surface area contributed by atoms with Crippen LogP contribution in [0.1, 0.15) is 33.3 Å². The van der Waals surface area contributed by atoms with E-state index in [2.05, 4.69) is 0 Å². The molecular formula is C16H21NO2. The van der Waals surface area contributed by atoms with Crippen molar-refractivity contribution in [2.24, 2.45) is 5.92 Å². The van der Waals surface area contributed by atoms with Crippen LogP contribution in [0.3, 0.4) is 0 Å². The second-order valence-electron chi connectivity index (χ2n) is 6.22. The molecule has 3 heteroatoms. The first-order chi connectivity index (χ1) is 8.82. The van der Waals surface area contributed by atoms with Gasteiger partial charge in [-0.25, -0.2) is 0 Å². The van der Waals surface area contributed by atoms with Gasteiger partial charge in [-0.05, 0) is 39.7 Å². The summed E-state index contributed by atoms with van der Waals surface area (Å²) >= 11 is 0. The third-order valence-electron chi connectivity index (χ3n) is 3.67. The quantitative estimate of drug-likeness (QED) is 0.617. The summed E-state index contributed by atoms with van der Waals surface area (Å²) in [5, 5.41) is 0. The number of likely N-dealkylation sites (tertiary alicyclic amines) is 1. The summed E-state index contributed by atoms with van der Waals surface area (Å²) in [7, 11) is 0. The highest BCUT2D eigenvalue weighted by Gasteiger charge is 2.53. The summed E-state index contributed by atoms with van der Waals surface area (Å²) in [6.45, 7) is 7.55. The van der Waals surface area contributed by atoms with Crippen LogP contribution in [-0.2, 0) is 16.0 Å². The Bertz CT molecular complexity index is 487. The van der Waals surface area contributed by atoms with Gasteiger partial charge in [0.2, 0.25) is 5.91 Å². The van der Waals surface area contributed by atoms with Crippen LogP contribution < -0.4 is 0 Å². The van der Waals surface area contributed by atoms with E-state index < -0.39 is 5.92 Å². The largest absolute Gasteiger partial charge is 0.333 e. The molecule has 1 heterocycles. The van der Waals surface area contributed by atoms with Crippen molar-refractivity contribution >= 4 is 11.7 Å². The van der Waals surface area contributed by atoms with Crippen molar-refractivity contribution < 1.29 is 9.59 Å². The first-order valence-electron chi connectivity index (χ1n) is 6.70. The molecule has 1 aromatic rings. The summed E-state index contributed by atoms with van der Waals surface area (Å²) in [6.07, 6.45) is 0.744. The topological polar surface area (TPSA) is 37.4 Å². The van der Waals surface area contributed by atoms with E-state index in [9.17, 15) is 9.59 Å². The smallest absolute Gasteiger partial charge is 0.235 e. The van der Waals surface area contributed by atoms with Crippen LogP contribution in [0.4, 0.5) is 0 Å². The first-order valence-corrected chi connectivity index (χ1v) is 6.70. The summed E-state index contributed by atoms with van der Waals surface area (Å²) in [5.41, 5.74) is 0.933. The molecule has 0 radical (unpaired) electrons. The van der Waals surface area contributed by atoms with E-state index in [0.29, 0.717) is 0 Å². The molecule has 2 unspecified atom stereocenters. The molecule has 1 fully saturated rings. The van der Waals surface area contributed by atoms with Gasteiger partial charge in [0.15, 0.2) is 0 Å². The molecule has 0 N–H and O–H groups in total. The van der Waals surface area contributed by atoms with Crippen LogP contribution in [0.2, 0.25) is 0 Å². The SMILES string of the molecule is CC(=O)C1C(=O)N(C(C)(C)C)C1Cc1ccccc1. The fourth-order valence-corrected chi connectivity index (χ4v) is 2.88. The van der Waals surface area contributed by atoms with Crippen LogP contribution in [0.25, 0.3) is 0 Å². The van der Waals surface area contributed by atoms with E-state index in [1.54, 1.807) is 0 Å². The number of β-lactam (4-membered cyclic amide) rings is 1. The van der Waals surface area contributed by atoms with Crippen LogP contribution in [0.5, 0.6) is 0 Å². The van der Waals surface area contributed by atoms with Gasteiger partial charge < -0.3 is 4.90 Å². The Morgan fingerprint density at radius 1 is 1.21 bits per heavy atom. The highest BCUT2D eigenvalue weighted by atomic mass is 16.2. The second kappa shape index (κ2) is 4.80. The van der Waals surface area contributed by atoms with E-state index in [-0.39, 0.29) is 23.3 Å². The van der Waals surface area contributed by atoms with Gasteiger partial charge in [-0.15, -0.1) is 0 Å². The molecule has 1 amide bonds. The number of carbonyl (C=O) groups excluding carboxylic acids is 2. The third-order valence-corrected chi connectivity index (χ3v) is 3.67. The van der Waals surface area contributed by atoms with Crippen molar-refractivity contribution in [1.82, 2.24) is 4.90 Å². The molecule has 0 bridgehead atoms. The van der Waals surface area contributed by atoms with Gasteiger partial charge in [0.05, 0.1) is 6.04 Å². The molecule has 0 aliphatic carbocycles. The number of hydrogen-bond donors (Lipinski definition) is 0. The first kappa shape index (κ1) is 13.8. The van der Waals surface area contributed by atoms with Crippen LogP contribution >= 0.6 is 0 Å². The highest BCUT2D eigenvalue weighted by molar-refractivity contribution is 6.06. The number of rotatable bonds is 3. The molecule has 0 aromatic heterocycles. The van der Waals surface area contributed by atoms with Gasteiger partial charge in [0, 0.05) is 5.54 Å². The van der Waals surface area contributed by atoms with Crippen LogP contribution in [0, 0.1) is 5.92 Å². The Hall–Kier alpha value is -1.64. The van der Waals surface area contributed by atoms with E-state index in [0.717, 1.165) is 6.42 Å². The standard InChI is InChI=1S/C16H21NO2/c1-11(18)14-13(10-12-8-6-5-7-9-12)17(15(14)19)16(2,3)4/h5-9,13-14H,10H2,1-4H3. The van der Waals surface area contributed by atoms with E-state index >= 15 is 0 Å². The number of carbonyl (C=O) groups is 2. The summed E-state index contributed by atoms with van der Waals surface area (Å²) < 4.78 is 0. The average Bonchev–Trinajstić information content (AvgIpc) is 2.26. The van der Waals surface area contributed by atoms with Gasteiger partial charge >= 0.3 is 0 Å². The lowest BCUT2D eigenvalue weighted by atomic mass is 9.77. The van der Waals surface area contributed by atoms with Gasteiger partial charge in [-0.1, -0.05) is 30.3 Å². The second-order valence-corrected chi connectivity index (χ2v) is 6.22. The maximum Gasteiger partial charge on any atom is 0.235 e. The molecule has 102 valence electrons. The monoisotopic (exact) mass is 259 g/mol. The Balaban J connectivity index is 2.23. The van der Waals surface area contributed by atoms with Crippen molar-refractivity contribution in [3.63, 3.8) is 0 Å². The van der Waals surface area contributed by atoms with Gasteiger partial charge in [-0.2, -0.15) is 0 Å². The minimum Gasteiger partial charge on any atom is -0.333 e. The maximum atomic E-state index is 12.2. The number of nitrogens with zero attached hydrogens (tertiary/aromatic N) is 1. The number of hydrogen-bond acceptors (Lipinski definition) is 2. The lowest BCUT2D eigenvalue weighted by Crippen LogP contribution is -2.69. The van der Waals surface area contributed by atoms with Gasteiger partial charge in [-0.3, -0.25) is 9.59 Å². The maximum absolute atomic E-state index is 12.2. The molecule has 19 heavy (non-hydrogen) atoms. The Labute approximate surface area is 114 Å². The molecular weight excluding hydrogens is 238 g/mol. The van der Waals surface area contributed by atoms with E-state index in [1.165, 1.54) is 12.5 Å². The molecule has 1 aliphatic heterocycles. The molecule has 2 atom stereocenters. The molecule has 1 aromatic carbocycles. The van der Waals surface area contributed by atoms with Gasteiger partial charge in [0.1, 0.15) is 11.7 Å². The molecule has 0 spiro atoms. The predicted octanol–water partition coefficient (Wildman–Crippen LogP) is 2.44. The molecule has 1 saturated heterocycles. The Morgan fingerprint density at radius 2 is 1.79 bits per heavy atom. The zero-order chi connectivity index (χ0) is 14.2. The minimum atomic E-state index is -0.459. The summed E-state index contributed by atoms with van der Waals surface area (Å²) in [5.74, 6) is -0.508. The molecule has 2 rings (SSSR count). The number of Topliss-reactive ketones (excluding diaryl/α,β-unsaturated/α-hetero) is 1. The van der Waals surface area contributed by atoms with Crippen molar-refractivity contribution in [3.05, 3.63) is 35.9 Å². The van der Waals surface area contributed by atoms with Crippen molar-refractivity contribution in [2.45, 2.75) is 45.7 Å².